The van der Waals surface area contributed by atoms with Crippen LogP contribution in [0.2, 0.25) is 5.02 Å². The number of benzene rings is 1. The number of carbonyl (C=O) groups excluding carboxylic acids is 1. The largest absolute Gasteiger partial charge is 0.465 e. The van der Waals surface area contributed by atoms with Crippen LogP contribution in [0.5, 0.6) is 0 Å². The van der Waals surface area contributed by atoms with Crippen LogP contribution in [0.4, 0.5) is 0 Å². The third-order valence-corrected chi connectivity index (χ3v) is 7.65. The minimum absolute atomic E-state index is 0.0187. The van der Waals surface area contributed by atoms with Crippen molar-refractivity contribution < 1.29 is 17.9 Å². The molecule has 1 atom stereocenters. The average Bonchev–Trinajstić information content (AvgIpc) is 3.04. The molecule has 3 rings (SSSR count). The van der Waals surface area contributed by atoms with Crippen LogP contribution in [-0.2, 0) is 32.5 Å². The lowest BCUT2D eigenvalue weighted by Gasteiger charge is -2.31. The van der Waals surface area contributed by atoms with Crippen LogP contribution in [0.25, 0.3) is 0 Å². The summed E-state index contributed by atoms with van der Waals surface area (Å²) in [5.74, 6) is -0.363. The smallest absolute Gasteiger partial charge is 0.327 e. The van der Waals surface area contributed by atoms with Crippen molar-refractivity contribution in [3.8, 4) is 0 Å². The van der Waals surface area contributed by atoms with Gasteiger partial charge in [0.1, 0.15) is 11.4 Å². The Morgan fingerprint density at radius 2 is 2.21 bits per heavy atom. The second-order valence-electron chi connectivity index (χ2n) is 6.51. The van der Waals surface area contributed by atoms with Crippen molar-refractivity contribution in [2.45, 2.75) is 43.7 Å². The Balaban J connectivity index is 1.91. The van der Waals surface area contributed by atoms with E-state index in [1.807, 2.05) is 0 Å². The first-order valence-corrected chi connectivity index (χ1v) is 11.5. The lowest BCUT2D eigenvalue weighted by atomic mass is 9.93. The summed E-state index contributed by atoms with van der Waals surface area (Å²) in [6.45, 7) is 2.07. The number of esters is 1. The Kier molecular flexibility index (Phi) is 6.48. The summed E-state index contributed by atoms with van der Waals surface area (Å²) >= 11 is 9.47. The van der Waals surface area contributed by atoms with Crippen molar-refractivity contribution in [2.75, 3.05) is 13.7 Å². The third-order valence-electron chi connectivity index (χ3n) is 4.81. The number of hydrogen-bond donors (Lipinski definition) is 0. The molecule has 0 radical (unpaired) electrons. The van der Waals surface area contributed by atoms with Gasteiger partial charge in [0.15, 0.2) is 0 Å². The summed E-state index contributed by atoms with van der Waals surface area (Å²) in [5, 5.41) is 4.46. The number of nitrogens with zero attached hydrogens (tertiary/aromatic N) is 3. The maximum Gasteiger partial charge on any atom is 0.327 e. The number of ether oxygens (including phenoxy) is 1. The zero-order valence-electron chi connectivity index (χ0n) is 15.6. The standard InChI is InChI=1S/C18H21BrClN3O4S/c1-3-27-18(24)11-23-16-6-4-5-15(13(16)10-21-23)22(2)28(25,26)17-8-7-12(19)9-14(17)20/h7-10,15H,3-6,11H2,1-2H3/t15-/m1/s1. The number of halogens is 2. The van der Waals surface area contributed by atoms with E-state index in [0.29, 0.717) is 17.5 Å². The molecule has 1 aliphatic carbocycles. The quantitative estimate of drug-likeness (QED) is 0.578. The average molecular weight is 491 g/mol. The van der Waals surface area contributed by atoms with Gasteiger partial charge in [0.2, 0.25) is 10.0 Å². The van der Waals surface area contributed by atoms with Crippen LogP contribution in [-0.4, -0.2) is 42.1 Å². The van der Waals surface area contributed by atoms with E-state index in [4.69, 9.17) is 16.3 Å². The highest BCUT2D eigenvalue weighted by molar-refractivity contribution is 9.10. The maximum atomic E-state index is 13.2. The molecule has 10 heteroatoms. The fourth-order valence-corrected chi connectivity index (χ4v) is 5.82. The molecule has 7 nitrogen and oxygen atoms in total. The Morgan fingerprint density at radius 3 is 2.89 bits per heavy atom. The Bertz CT molecular complexity index is 993. The number of fused-ring (bicyclic) bond motifs is 1. The van der Waals surface area contributed by atoms with Crippen molar-refractivity contribution in [3.63, 3.8) is 0 Å². The third kappa shape index (κ3) is 4.12. The summed E-state index contributed by atoms with van der Waals surface area (Å²) in [4.78, 5) is 11.9. The minimum Gasteiger partial charge on any atom is -0.465 e. The lowest BCUT2D eigenvalue weighted by Crippen LogP contribution is -2.33. The van der Waals surface area contributed by atoms with Crippen LogP contribution in [0.1, 0.15) is 37.1 Å². The molecule has 0 N–H and O–H groups in total. The molecule has 0 aliphatic heterocycles. The second-order valence-corrected chi connectivity index (χ2v) is 9.80. The molecule has 2 aromatic rings. The van der Waals surface area contributed by atoms with Crippen LogP contribution in [0.15, 0.2) is 33.8 Å². The van der Waals surface area contributed by atoms with E-state index < -0.39 is 10.0 Å². The predicted octanol–water partition coefficient (Wildman–Crippen LogP) is 3.56. The van der Waals surface area contributed by atoms with Gasteiger partial charge in [0.25, 0.3) is 0 Å². The van der Waals surface area contributed by atoms with Crippen molar-refractivity contribution in [3.05, 3.63) is 45.1 Å². The van der Waals surface area contributed by atoms with Crippen molar-refractivity contribution in [1.29, 1.82) is 0 Å². The van der Waals surface area contributed by atoms with E-state index in [2.05, 4.69) is 21.0 Å². The summed E-state index contributed by atoms with van der Waals surface area (Å²) in [6.07, 6.45) is 3.84. The summed E-state index contributed by atoms with van der Waals surface area (Å²) in [5.41, 5.74) is 1.68. The number of rotatable bonds is 6. The van der Waals surface area contributed by atoms with Gasteiger partial charge in [-0.3, -0.25) is 9.48 Å². The molecule has 28 heavy (non-hydrogen) atoms. The van der Waals surface area contributed by atoms with Crippen molar-refractivity contribution in [1.82, 2.24) is 14.1 Å². The molecule has 1 aliphatic rings. The SMILES string of the molecule is CCOC(=O)Cn1ncc2c1CCC[C@H]2N(C)S(=O)(=O)c1ccc(Br)cc1Cl. The summed E-state index contributed by atoms with van der Waals surface area (Å²) < 4.78 is 35.0. The highest BCUT2D eigenvalue weighted by atomic mass is 79.9. The van der Waals surface area contributed by atoms with Gasteiger partial charge in [0.05, 0.1) is 23.9 Å². The van der Waals surface area contributed by atoms with Crippen molar-refractivity contribution in [2.24, 2.45) is 0 Å². The fraction of sp³-hybridized carbons (Fsp3) is 0.444. The Labute approximate surface area is 177 Å². The van der Waals surface area contributed by atoms with Crippen LogP contribution in [0.3, 0.4) is 0 Å². The molecule has 0 bridgehead atoms. The van der Waals surface area contributed by atoms with Crippen LogP contribution < -0.4 is 0 Å². The molecular weight excluding hydrogens is 470 g/mol. The molecule has 0 unspecified atom stereocenters. The van der Waals surface area contributed by atoms with E-state index in [1.165, 1.54) is 10.4 Å². The van der Waals surface area contributed by atoms with Gasteiger partial charge in [-0.2, -0.15) is 9.40 Å². The zero-order chi connectivity index (χ0) is 20.5. The van der Waals surface area contributed by atoms with Gasteiger partial charge in [0, 0.05) is 22.8 Å². The van der Waals surface area contributed by atoms with Gasteiger partial charge < -0.3 is 4.74 Å². The van der Waals surface area contributed by atoms with Crippen LogP contribution in [0, 0.1) is 0 Å². The number of aromatic nitrogens is 2. The molecular formula is C18H21BrClN3O4S. The minimum atomic E-state index is -3.80. The van der Waals surface area contributed by atoms with Gasteiger partial charge in [-0.15, -0.1) is 0 Å². The molecule has 0 fully saturated rings. The molecule has 1 aromatic carbocycles. The first kappa shape index (κ1) is 21.3. The fourth-order valence-electron chi connectivity index (χ4n) is 3.45. The topological polar surface area (TPSA) is 81.5 Å². The summed E-state index contributed by atoms with van der Waals surface area (Å²) in [7, 11) is -2.25. The number of carbonyl (C=O) groups is 1. The normalized spacial score (nSPS) is 16.8. The van der Waals surface area contributed by atoms with Gasteiger partial charge in [-0.1, -0.05) is 27.5 Å². The van der Waals surface area contributed by atoms with E-state index >= 15 is 0 Å². The lowest BCUT2D eigenvalue weighted by molar-refractivity contribution is -0.144. The zero-order valence-corrected chi connectivity index (χ0v) is 18.7. The highest BCUT2D eigenvalue weighted by Gasteiger charge is 2.35. The van der Waals surface area contributed by atoms with Gasteiger partial charge in [-0.05, 0) is 44.4 Å². The van der Waals surface area contributed by atoms with E-state index in [0.717, 1.165) is 24.1 Å². The van der Waals surface area contributed by atoms with E-state index in [-0.39, 0.29) is 28.5 Å². The van der Waals surface area contributed by atoms with E-state index in [1.54, 1.807) is 37.0 Å². The Morgan fingerprint density at radius 1 is 1.46 bits per heavy atom. The number of sulfonamides is 1. The summed E-state index contributed by atoms with van der Waals surface area (Å²) in [6, 6.07) is 4.33. The molecule has 152 valence electrons. The monoisotopic (exact) mass is 489 g/mol. The first-order valence-electron chi connectivity index (χ1n) is 8.89. The molecule has 0 spiro atoms. The molecule has 0 amide bonds. The highest BCUT2D eigenvalue weighted by Crippen LogP contribution is 2.38. The van der Waals surface area contributed by atoms with E-state index in [9.17, 15) is 13.2 Å². The second kappa shape index (κ2) is 8.52. The molecule has 0 saturated heterocycles. The molecule has 1 heterocycles. The van der Waals surface area contributed by atoms with Gasteiger partial charge in [-0.25, -0.2) is 8.42 Å². The number of hydrogen-bond acceptors (Lipinski definition) is 5. The van der Waals surface area contributed by atoms with Crippen LogP contribution >= 0.6 is 27.5 Å². The first-order chi connectivity index (χ1) is 13.3. The predicted molar refractivity (Wildman–Crippen MR) is 109 cm³/mol. The molecule has 0 saturated carbocycles. The van der Waals surface area contributed by atoms with Crippen molar-refractivity contribution >= 4 is 43.5 Å². The maximum absolute atomic E-state index is 13.2. The van der Waals surface area contributed by atoms with Gasteiger partial charge >= 0.3 is 5.97 Å². The Hall–Kier alpha value is -1.42. The molecule has 1 aromatic heterocycles.